The van der Waals surface area contributed by atoms with Gasteiger partial charge in [-0.05, 0) is 20.8 Å². The monoisotopic (exact) mass is 218 g/mol. The van der Waals surface area contributed by atoms with E-state index in [2.05, 4.69) is 10.6 Å². The minimum atomic E-state index is -1.74. The highest BCUT2D eigenvalue weighted by molar-refractivity contribution is 5.90. The number of aliphatic hydroxyl groups is 2. The highest BCUT2D eigenvalue weighted by Gasteiger charge is 2.29. The van der Waals surface area contributed by atoms with Gasteiger partial charge in [0.2, 0.25) is 0 Å². The molecule has 4 N–H and O–H groups in total. The third kappa shape index (κ3) is 4.75. The number of rotatable bonds is 5. The van der Waals surface area contributed by atoms with Crippen molar-refractivity contribution in [2.45, 2.75) is 39.0 Å². The van der Waals surface area contributed by atoms with E-state index in [4.69, 9.17) is 0 Å². The number of carbonyl (C=O) groups excluding carboxylic acids is 2. The topological polar surface area (TPSA) is 98.7 Å². The lowest BCUT2D eigenvalue weighted by molar-refractivity contribution is -0.146. The van der Waals surface area contributed by atoms with E-state index >= 15 is 0 Å². The van der Waals surface area contributed by atoms with Crippen molar-refractivity contribution < 1.29 is 19.8 Å². The first-order chi connectivity index (χ1) is 6.90. The van der Waals surface area contributed by atoms with Crippen LogP contribution in [0.3, 0.4) is 0 Å². The summed E-state index contributed by atoms with van der Waals surface area (Å²) in [4.78, 5) is 22.3. The Balaban J connectivity index is 4.24. The second kappa shape index (κ2) is 6.36. The minimum absolute atomic E-state index is 0.159. The zero-order chi connectivity index (χ0) is 12.0. The summed E-state index contributed by atoms with van der Waals surface area (Å²) in [6, 6.07) is -0.159. The zero-order valence-corrected chi connectivity index (χ0v) is 9.15. The number of hydrogen-bond acceptors (Lipinski definition) is 4. The molecule has 88 valence electrons. The molecule has 0 unspecified atom stereocenters. The lowest BCUT2D eigenvalue weighted by Crippen LogP contribution is -2.50. The van der Waals surface area contributed by atoms with Gasteiger partial charge >= 0.3 is 0 Å². The molecule has 0 aliphatic heterocycles. The van der Waals surface area contributed by atoms with Crippen LogP contribution in [0, 0.1) is 0 Å². The van der Waals surface area contributed by atoms with E-state index < -0.39 is 24.0 Å². The van der Waals surface area contributed by atoms with Crippen molar-refractivity contribution >= 4 is 11.8 Å². The molecule has 0 aromatic rings. The molecule has 0 spiro atoms. The molecule has 0 heterocycles. The van der Waals surface area contributed by atoms with E-state index in [-0.39, 0.29) is 6.04 Å². The summed E-state index contributed by atoms with van der Waals surface area (Å²) in [7, 11) is 0. The normalized spacial score (nSPS) is 14.5. The Bertz CT molecular complexity index is 230. The molecule has 6 heteroatoms. The van der Waals surface area contributed by atoms with Gasteiger partial charge in [0, 0.05) is 12.6 Å². The molecule has 0 radical (unpaired) electrons. The first-order valence-electron chi connectivity index (χ1n) is 4.84. The molecule has 6 nitrogen and oxygen atoms in total. The summed E-state index contributed by atoms with van der Waals surface area (Å²) in [6.45, 7) is 5.42. The summed E-state index contributed by atoms with van der Waals surface area (Å²) >= 11 is 0. The van der Waals surface area contributed by atoms with Gasteiger partial charge in [-0.3, -0.25) is 9.59 Å². The van der Waals surface area contributed by atoms with E-state index in [0.717, 1.165) is 0 Å². The maximum Gasteiger partial charge on any atom is 0.252 e. The van der Waals surface area contributed by atoms with E-state index in [1.54, 1.807) is 20.8 Å². The minimum Gasteiger partial charge on any atom is -0.380 e. The molecule has 0 rings (SSSR count). The van der Waals surface area contributed by atoms with Crippen LogP contribution in [0.4, 0.5) is 0 Å². The molecule has 0 saturated heterocycles. The Labute approximate surface area is 88.7 Å². The second-order valence-corrected chi connectivity index (χ2v) is 3.45. The average molecular weight is 218 g/mol. The fraction of sp³-hybridized carbons (Fsp3) is 0.778. The van der Waals surface area contributed by atoms with Crippen molar-refractivity contribution in [3.63, 3.8) is 0 Å². The lowest BCUT2D eigenvalue weighted by atomic mass is 10.1. The molecule has 15 heavy (non-hydrogen) atoms. The van der Waals surface area contributed by atoms with Crippen molar-refractivity contribution in [1.82, 2.24) is 10.6 Å². The van der Waals surface area contributed by atoms with E-state index in [1.807, 2.05) is 0 Å². The van der Waals surface area contributed by atoms with Crippen molar-refractivity contribution in [1.29, 1.82) is 0 Å². The van der Waals surface area contributed by atoms with Gasteiger partial charge in [-0.1, -0.05) is 0 Å². The second-order valence-electron chi connectivity index (χ2n) is 3.45. The Kier molecular flexibility index (Phi) is 5.88. The average Bonchev–Trinajstić information content (AvgIpc) is 2.14. The molecule has 0 aliphatic carbocycles. The van der Waals surface area contributed by atoms with Crippen LogP contribution in [-0.4, -0.2) is 46.8 Å². The number of nitrogens with one attached hydrogen (secondary N) is 2. The number of amides is 2. The van der Waals surface area contributed by atoms with E-state index in [9.17, 15) is 19.8 Å². The van der Waals surface area contributed by atoms with Crippen molar-refractivity contribution in [2.24, 2.45) is 0 Å². The van der Waals surface area contributed by atoms with Gasteiger partial charge in [0.05, 0.1) is 0 Å². The molecule has 2 amide bonds. The Morgan fingerprint density at radius 1 is 1.13 bits per heavy atom. The number of aliphatic hydroxyl groups excluding tert-OH is 2. The summed E-state index contributed by atoms with van der Waals surface area (Å²) in [5.41, 5.74) is 0. The van der Waals surface area contributed by atoms with Crippen LogP contribution in [0.5, 0.6) is 0 Å². The van der Waals surface area contributed by atoms with E-state index in [0.29, 0.717) is 6.54 Å². The molecule has 0 bridgehead atoms. The predicted octanol–water partition coefficient (Wildman–Crippen LogP) is -1.63. The number of likely N-dealkylation sites (N-methyl/N-ethyl adjacent to an activating group) is 1. The van der Waals surface area contributed by atoms with Crippen LogP contribution in [-0.2, 0) is 9.59 Å². The first-order valence-corrected chi connectivity index (χ1v) is 4.84. The van der Waals surface area contributed by atoms with Gasteiger partial charge in [-0.2, -0.15) is 0 Å². The smallest absolute Gasteiger partial charge is 0.252 e. The predicted molar refractivity (Wildman–Crippen MR) is 54.0 cm³/mol. The van der Waals surface area contributed by atoms with Gasteiger partial charge in [0.25, 0.3) is 11.8 Å². The standard InChI is InChI=1S/C9H18N2O4/c1-4-10-8(14)6(12)7(13)9(15)11-5(2)3/h5-7,12-13H,4H2,1-3H3,(H,10,14)(H,11,15)/t6-,7-/m0/s1. The molecule has 0 aromatic carbocycles. The largest absolute Gasteiger partial charge is 0.380 e. The highest BCUT2D eigenvalue weighted by atomic mass is 16.3. The molecule has 0 saturated carbocycles. The third-order valence-electron chi connectivity index (χ3n) is 1.62. The summed E-state index contributed by atoms with van der Waals surface area (Å²) in [5.74, 6) is -1.52. The van der Waals surface area contributed by atoms with Crippen LogP contribution in [0.25, 0.3) is 0 Å². The summed E-state index contributed by atoms with van der Waals surface area (Å²) in [6.07, 6.45) is -3.47. The fourth-order valence-electron chi connectivity index (χ4n) is 0.935. The van der Waals surface area contributed by atoms with Crippen LogP contribution >= 0.6 is 0 Å². The van der Waals surface area contributed by atoms with Crippen LogP contribution in [0.1, 0.15) is 20.8 Å². The Morgan fingerprint density at radius 3 is 2.00 bits per heavy atom. The molecular formula is C9H18N2O4. The van der Waals surface area contributed by atoms with Gasteiger partial charge < -0.3 is 20.8 Å². The SMILES string of the molecule is CCNC(=O)[C@@H](O)[C@H](O)C(=O)NC(C)C. The van der Waals surface area contributed by atoms with Gasteiger partial charge in [-0.25, -0.2) is 0 Å². The number of carbonyl (C=O) groups is 2. The first kappa shape index (κ1) is 13.9. The van der Waals surface area contributed by atoms with Gasteiger partial charge in [0.1, 0.15) is 0 Å². The van der Waals surface area contributed by atoms with Gasteiger partial charge in [-0.15, -0.1) is 0 Å². The Morgan fingerprint density at radius 2 is 1.60 bits per heavy atom. The molecule has 2 atom stereocenters. The summed E-state index contributed by atoms with van der Waals surface area (Å²) in [5, 5.41) is 23.3. The maximum absolute atomic E-state index is 11.2. The van der Waals surface area contributed by atoms with Gasteiger partial charge in [0.15, 0.2) is 12.2 Å². The fourth-order valence-corrected chi connectivity index (χ4v) is 0.935. The van der Waals surface area contributed by atoms with Crippen molar-refractivity contribution in [3.8, 4) is 0 Å². The number of hydrogen-bond donors (Lipinski definition) is 4. The molecular weight excluding hydrogens is 200 g/mol. The third-order valence-corrected chi connectivity index (χ3v) is 1.62. The van der Waals surface area contributed by atoms with Crippen molar-refractivity contribution in [3.05, 3.63) is 0 Å². The maximum atomic E-state index is 11.2. The summed E-state index contributed by atoms with van der Waals surface area (Å²) < 4.78 is 0. The molecule has 0 fully saturated rings. The van der Waals surface area contributed by atoms with Crippen molar-refractivity contribution in [2.75, 3.05) is 6.54 Å². The molecule has 0 aromatic heterocycles. The zero-order valence-electron chi connectivity index (χ0n) is 9.15. The van der Waals surface area contributed by atoms with E-state index in [1.165, 1.54) is 0 Å². The molecule has 0 aliphatic rings. The Hall–Kier alpha value is -1.14. The van der Waals surface area contributed by atoms with Crippen LogP contribution < -0.4 is 10.6 Å². The highest BCUT2D eigenvalue weighted by Crippen LogP contribution is 1.95. The van der Waals surface area contributed by atoms with Crippen LogP contribution in [0.2, 0.25) is 0 Å². The lowest BCUT2D eigenvalue weighted by Gasteiger charge is -2.18. The quantitative estimate of drug-likeness (QED) is 0.445. The van der Waals surface area contributed by atoms with Crippen LogP contribution in [0.15, 0.2) is 0 Å².